The van der Waals surface area contributed by atoms with E-state index in [0.717, 1.165) is 18.5 Å². The number of rotatable bonds is 6. The van der Waals surface area contributed by atoms with Crippen LogP contribution < -0.4 is 5.32 Å². The molecule has 0 aliphatic heterocycles. The van der Waals surface area contributed by atoms with Crippen molar-refractivity contribution < 1.29 is 4.39 Å². The topological polar surface area (TPSA) is 29.9 Å². The molecule has 0 radical (unpaired) electrons. The van der Waals surface area contributed by atoms with E-state index in [0.29, 0.717) is 12.6 Å². The lowest BCUT2D eigenvalue weighted by molar-refractivity contribution is 0.536. The van der Waals surface area contributed by atoms with Crippen molar-refractivity contribution in [1.82, 2.24) is 15.1 Å². The van der Waals surface area contributed by atoms with Crippen LogP contribution in [0.3, 0.4) is 0 Å². The minimum Gasteiger partial charge on any atom is -0.310 e. The van der Waals surface area contributed by atoms with Crippen LogP contribution >= 0.6 is 0 Å². The van der Waals surface area contributed by atoms with Gasteiger partial charge < -0.3 is 5.32 Å². The second kappa shape index (κ2) is 6.48. The Bertz CT molecular complexity index is 522. The Kier molecular flexibility index (Phi) is 4.68. The first-order valence-corrected chi connectivity index (χ1v) is 6.73. The number of hydrogen-bond donors (Lipinski definition) is 1. The molecule has 0 aliphatic rings. The summed E-state index contributed by atoms with van der Waals surface area (Å²) in [4.78, 5) is 0. The van der Waals surface area contributed by atoms with E-state index in [4.69, 9.17) is 0 Å². The quantitative estimate of drug-likeness (QED) is 0.865. The van der Waals surface area contributed by atoms with Crippen LogP contribution in [0.2, 0.25) is 0 Å². The van der Waals surface area contributed by atoms with Crippen LogP contribution in [0.5, 0.6) is 0 Å². The predicted octanol–water partition coefficient (Wildman–Crippen LogP) is 3.13. The van der Waals surface area contributed by atoms with E-state index in [1.807, 2.05) is 23.1 Å². The van der Waals surface area contributed by atoms with Crippen LogP contribution in [0.15, 0.2) is 36.7 Å². The molecule has 2 aromatic rings. The summed E-state index contributed by atoms with van der Waals surface area (Å²) >= 11 is 0. The lowest BCUT2D eigenvalue weighted by Crippen LogP contribution is -2.19. The average molecular weight is 261 g/mol. The van der Waals surface area contributed by atoms with Crippen LogP contribution in [0.25, 0.3) is 0 Å². The van der Waals surface area contributed by atoms with E-state index < -0.39 is 0 Å². The molecule has 2 rings (SSSR count). The third-order valence-corrected chi connectivity index (χ3v) is 3.15. The maximum absolute atomic E-state index is 13.1. The zero-order valence-electron chi connectivity index (χ0n) is 11.4. The number of benzene rings is 1. The van der Waals surface area contributed by atoms with E-state index in [1.165, 1.54) is 11.6 Å². The van der Waals surface area contributed by atoms with Crippen molar-refractivity contribution in [1.29, 1.82) is 0 Å². The van der Waals surface area contributed by atoms with Gasteiger partial charge in [0.2, 0.25) is 0 Å². The number of nitrogens with one attached hydrogen (secondary N) is 1. The fraction of sp³-hybridized carbons (Fsp3) is 0.400. The molecule has 1 unspecified atom stereocenters. The van der Waals surface area contributed by atoms with Crippen molar-refractivity contribution in [2.24, 2.45) is 0 Å². The molecule has 3 nitrogen and oxygen atoms in total. The van der Waals surface area contributed by atoms with Gasteiger partial charge in [0.1, 0.15) is 5.82 Å². The molecule has 0 aliphatic carbocycles. The summed E-state index contributed by atoms with van der Waals surface area (Å²) in [7, 11) is 0. The van der Waals surface area contributed by atoms with E-state index in [1.54, 1.807) is 12.1 Å². The second-order valence-corrected chi connectivity index (χ2v) is 4.62. The normalized spacial score (nSPS) is 12.6. The minimum atomic E-state index is -0.205. The van der Waals surface area contributed by atoms with Crippen LogP contribution in [-0.4, -0.2) is 16.3 Å². The molecular formula is C15H20FN3. The summed E-state index contributed by atoms with van der Waals surface area (Å²) < 4.78 is 15.0. The van der Waals surface area contributed by atoms with Gasteiger partial charge in [0.05, 0.1) is 12.7 Å². The second-order valence-electron chi connectivity index (χ2n) is 4.62. The molecule has 0 saturated heterocycles. The monoisotopic (exact) mass is 261 g/mol. The van der Waals surface area contributed by atoms with Gasteiger partial charge in [-0.05, 0) is 30.7 Å². The van der Waals surface area contributed by atoms with Gasteiger partial charge in [0, 0.05) is 17.8 Å². The van der Waals surface area contributed by atoms with E-state index in [9.17, 15) is 4.39 Å². The molecule has 1 heterocycles. The highest BCUT2D eigenvalue weighted by Crippen LogP contribution is 2.16. The molecule has 0 saturated carbocycles. The maximum atomic E-state index is 13.1. The van der Waals surface area contributed by atoms with E-state index in [-0.39, 0.29) is 5.82 Å². The van der Waals surface area contributed by atoms with E-state index >= 15 is 0 Å². The molecule has 0 amide bonds. The fourth-order valence-electron chi connectivity index (χ4n) is 2.21. The average Bonchev–Trinajstić information content (AvgIpc) is 2.84. The Morgan fingerprint density at radius 2 is 2.21 bits per heavy atom. The van der Waals surface area contributed by atoms with Crippen LogP contribution in [0.4, 0.5) is 4.39 Å². The van der Waals surface area contributed by atoms with Gasteiger partial charge in [-0.25, -0.2) is 4.39 Å². The van der Waals surface area contributed by atoms with Gasteiger partial charge in [-0.2, -0.15) is 5.10 Å². The lowest BCUT2D eigenvalue weighted by atomic mass is 10.1. The Morgan fingerprint density at radius 1 is 1.37 bits per heavy atom. The first-order chi connectivity index (χ1) is 9.22. The number of aromatic nitrogens is 2. The largest absolute Gasteiger partial charge is 0.310 e. The molecule has 0 bridgehead atoms. The molecule has 0 fully saturated rings. The Hall–Kier alpha value is -1.68. The summed E-state index contributed by atoms with van der Waals surface area (Å²) in [6, 6.07) is 6.97. The Balaban J connectivity index is 2.08. The molecule has 1 N–H and O–H groups in total. The minimum absolute atomic E-state index is 0.205. The Labute approximate surface area is 113 Å². The molecule has 1 aromatic heterocycles. The summed E-state index contributed by atoms with van der Waals surface area (Å²) in [6.07, 6.45) is 4.94. The predicted molar refractivity (Wildman–Crippen MR) is 74.4 cm³/mol. The third kappa shape index (κ3) is 3.64. The highest BCUT2D eigenvalue weighted by atomic mass is 19.1. The molecule has 1 aromatic carbocycles. The van der Waals surface area contributed by atoms with Gasteiger partial charge in [-0.1, -0.05) is 26.0 Å². The van der Waals surface area contributed by atoms with Crippen molar-refractivity contribution in [3.8, 4) is 0 Å². The van der Waals surface area contributed by atoms with Crippen molar-refractivity contribution in [3.05, 3.63) is 53.6 Å². The van der Waals surface area contributed by atoms with Crippen molar-refractivity contribution in [2.45, 2.75) is 32.9 Å². The van der Waals surface area contributed by atoms with Gasteiger partial charge >= 0.3 is 0 Å². The van der Waals surface area contributed by atoms with Gasteiger partial charge in [-0.15, -0.1) is 0 Å². The molecule has 102 valence electrons. The molecular weight excluding hydrogens is 241 g/mol. The van der Waals surface area contributed by atoms with Crippen molar-refractivity contribution in [2.75, 3.05) is 6.54 Å². The number of hydrogen-bond acceptors (Lipinski definition) is 2. The highest BCUT2D eigenvalue weighted by Gasteiger charge is 2.10. The zero-order valence-corrected chi connectivity index (χ0v) is 11.4. The van der Waals surface area contributed by atoms with Crippen molar-refractivity contribution in [3.63, 3.8) is 0 Å². The van der Waals surface area contributed by atoms with Gasteiger partial charge in [0.25, 0.3) is 0 Å². The van der Waals surface area contributed by atoms with E-state index in [2.05, 4.69) is 24.3 Å². The Morgan fingerprint density at radius 3 is 2.89 bits per heavy atom. The summed E-state index contributed by atoms with van der Waals surface area (Å²) in [5, 5.41) is 7.77. The lowest BCUT2D eigenvalue weighted by Gasteiger charge is -2.13. The first-order valence-electron chi connectivity index (χ1n) is 6.73. The SMILES string of the molecule is CCNC(CC)c1cnn(Cc2cccc(F)c2)c1. The number of nitrogens with zero attached hydrogens (tertiary/aromatic N) is 2. The van der Waals surface area contributed by atoms with Crippen LogP contribution in [0.1, 0.15) is 37.4 Å². The third-order valence-electron chi connectivity index (χ3n) is 3.15. The van der Waals surface area contributed by atoms with Crippen LogP contribution in [-0.2, 0) is 6.54 Å². The first kappa shape index (κ1) is 13.7. The number of halogens is 1. The smallest absolute Gasteiger partial charge is 0.123 e. The van der Waals surface area contributed by atoms with Gasteiger partial charge in [0.15, 0.2) is 0 Å². The fourth-order valence-corrected chi connectivity index (χ4v) is 2.21. The maximum Gasteiger partial charge on any atom is 0.123 e. The summed E-state index contributed by atoms with van der Waals surface area (Å²) in [5.41, 5.74) is 2.10. The molecule has 0 spiro atoms. The summed E-state index contributed by atoms with van der Waals surface area (Å²) in [6.45, 7) is 5.78. The van der Waals surface area contributed by atoms with Gasteiger partial charge in [-0.3, -0.25) is 4.68 Å². The zero-order chi connectivity index (χ0) is 13.7. The highest BCUT2D eigenvalue weighted by molar-refractivity contribution is 5.17. The summed E-state index contributed by atoms with van der Waals surface area (Å²) in [5.74, 6) is -0.205. The standard InChI is InChI=1S/C15H20FN3/c1-3-15(17-4-2)13-9-18-19(11-13)10-12-6-5-7-14(16)8-12/h5-9,11,15,17H,3-4,10H2,1-2H3. The van der Waals surface area contributed by atoms with Crippen LogP contribution in [0, 0.1) is 5.82 Å². The molecule has 19 heavy (non-hydrogen) atoms. The molecule has 4 heteroatoms. The van der Waals surface area contributed by atoms with Crippen molar-refractivity contribution >= 4 is 0 Å². The molecule has 1 atom stereocenters.